The van der Waals surface area contributed by atoms with E-state index in [4.69, 9.17) is 0 Å². The Kier molecular flexibility index (Phi) is 6.95. The van der Waals surface area contributed by atoms with Crippen molar-refractivity contribution in [1.82, 2.24) is 24.5 Å². The minimum Gasteiger partial charge on any atom is -0.342 e. The average Bonchev–Trinajstić information content (AvgIpc) is 3.54. The van der Waals surface area contributed by atoms with E-state index in [0.29, 0.717) is 37.4 Å². The SMILES string of the molecule is O=C(CN1CCC([C@H]2CCCCN2C(=O)CCn2ncc3ccccc32)CC1)N1CCCC1. The molecule has 0 aliphatic carbocycles. The molecule has 0 bridgehead atoms. The van der Waals surface area contributed by atoms with Crippen LogP contribution in [0.4, 0.5) is 0 Å². The van der Waals surface area contributed by atoms with E-state index in [-0.39, 0.29) is 5.91 Å². The highest BCUT2D eigenvalue weighted by molar-refractivity contribution is 5.80. The highest BCUT2D eigenvalue weighted by Gasteiger charge is 2.35. The maximum atomic E-state index is 13.3. The van der Waals surface area contributed by atoms with E-state index in [1.807, 2.05) is 27.9 Å². The van der Waals surface area contributed by atoms with Crippen molar-refractivity contribution in [2.45, 2.75) is 64.0 Å². The van der Waals surface area contributed by atoms with Gasteiger partial charge in [0.25, 0.3) is 0 Å². The van der Waals surface area contributed by atoms with Crippen molar-refractivity contribution in [2.75, 3.05) is 39.3 Å². The maximum Gasteiger partial charge on any atom is 0.236 e. The molecule has 3 aliphatic heterocycles. The Bertz CT molecular complexity index is 958. The van der Waals surface area contributed by atoms with Crippen LogP contribution in [-0.4, -0.2) is 81.6 Å². The van der Waals surface area contributed by atoms with Crippen LogP contribution in [0.2, 0.25) is 0 Å². The summed E-state index contributed by atoms with van der Waals surface area (Å²) < 4.78 is 1.96. The Morgan fingerprint density at radius 2 is 1.64 bits per heavy atom. The number of aromatic nitrogens is 2. The number of likely N-dealkylation sites (tertiary alicyclic amines) is 3. The summed E-state index contributed by atoms with van der Waals surface area (Å²) in [7, 11) is 0. The van der Waals surface area contributed by atoms with Gasteiger partial charge in [0.1, 0.15) is 0 Å². The fourth-order valence-electron chi connectivity index (χ4n) is 6.06. The van der Waals surface area contributed by atoms with Gasteiger partial charge < -0.3 is 9.80 Å². The first kappa shape index (κ1) is 22.4. The molecule has 3 fully saturated rings. The van der Waals surface area contributed by atoms with Crippen LogP contribution >= 0.6 is 0 Å². The highest BCUT2D eigenvalue weighted by Crippen LogP contribution is 2.31. The number of carbonyl (C=O) groups is 2. The standard InChI is InChI=1S/C26H37N5O2/c32-25(12-18-31-24-9-2-1-7-22(24)19-27-31)30-15-4-3-8-23(30)21-10-16-28(17-11-21)20-26(33)29-13-5-6-14-29/h1-2,7,9,19,21,23H,3-6,8,10-18,20H2/t23-/m1/s1. The number of hydrogen-bond donors (Lipinski definition) is 0. The van der Waals surface area contributed by atoms with Gasteiger partial charge in [0.15, 0.2) is 0 Å². The van der Waals surface area contributed by atoms with Crippen LogP contribution in [0, 0.1) is 5.92 Å². The van der Waals surface area contributed by atoms with Gasteiger partial charge in [-0.1, -0.05) is 18.2 Å². The van der Waals surface area contributed by atoms with Gasteiger partial charge in [-0.2, -0.15) is 5.10 Å². The first-order valence-electron chi connectivity index (χ1n) is 12.9. The summed E-state index contributed by atoms with van der Waals surface area (Å²) in [6.07, 6.45) is 10.3. The molecular weight excluding hydrogens is 414 g/mol. The van der Waals surface area contributed by atoms with Crippen molar-refractivity contribution >= 4 is 22.7 Å². The average molecular weight is 452 g/mol. The molecule has 0 radical (unpaired) electrons. The van der Waals surface area contributed by atoms with Crippen molar-refractivity contribution in [2.24, 2.45) is 5.92 Å². The zero-order chi connectivity index (χ0) is 22.6. The number of amides is 2. The van der Waals surface area contributed by atoms with Gasteiger partial charge in [-0.15, -0.1) is 0 Å². The summed E-state index contributed by atoms with van der Waals surface area (Å²) in [5.74, 6) is 1.12. The van der Waals surface area contributed by atoms with Gasteiger partial charge in [0.05, 0.1) is 24.8 Å². The third kappa shape index (κ3) is 5.08. The number of fused-ring (bicyclic) bond motifs is 1. The number of aryl methyl sites for hydroxylation is 1. The first-order valence-corrected chi connectivity index (χ1v) is 12.9. The largest absolute Gasteiger partial charge is 0.342 e. The van der Waals surface area contributed by atoms with E-state index in [0.717, 1.165) is 82.2 Å². The summed E-state index contributed by atoms with van der Waals surface area (Å²) in [6, 6.07) is 8.53. The fourth-order valence-corrected chi connectivity index (χ4v) is 6.06. The monoisotopic (exact) mass is 451 g/mol. The first-order chi connectivity index (χ1) is 16.2. The predicted molar refractivity (Wildman–Crippen MR) is 129 cm³/mol. The lowest BCUT2D eigenvalue weighted by atomic mass is 9.83. The zero-order valence-corrected chi connectivity index (χ0v) is 19.7. The molecule has 0 saturated carbocycles. The summed E-state index contributed by atoms with van der Waals surface area (Å²) in [6.45, 7) is 5.90. The Labute approximate surface area is 196 Å². The number of piperidine rings is 2. The number of hydrogen-bond acceptors (Lipinski definition) is 4. The van der Waals surface area contributed by atoms with Crippen molar-refractivity contribution < 1.29 is 9.59 Å². The Morgan fingerprint density at radius 3 is 2.45 bits per heavy atom. The summed E-state index contributed by atoms with van der Waals surface area (Å²) in [5.41, 5.74) is 1.09. The lowest BCUT2D eigenvalue weighted by Crippen LogP contribution is -2.51. The van der Waals surface area contributed by atoms with Crippen LogP contribution in [0.1, 0.15) is 51.4 Å². The summed E-state index contributed by atoms with van der Waals surface area (Å²) >= 11 is 0. The van der Waals surface area contributed by atoms with Gasteiger partial charge in [0, 0.05) is 37.5 Å². The van der Waals surface area contributed by atoms with Crippen LogP contribution < -0.4 is 0 Å². The summed E-state index contributed by atoms with van der Waals surface area (Å²) in [5, 5.41) is 5.61. The lowest BCUT2D eigenvalue weighted by Gasteiger charge is -2.44. The van der Waals surface area contributed by atoms with E-state index in [1.165, 1.54) is 6.42 Å². The molecule has 1 atom stereocenters. The lowest BCUT2D eigenvalue weighted by molar-refractivity contribution is -0.137. The molecule has 1 aromatic heterocycles. The van der Waals surface area contributed by atoms with Crippen LogP contribution in [0.15, 0.2) is 30.5 Å². The molecule has 1 aromatic carbocycles. The van der Waals surface area contributed by atoms with Gasteiger partial charge in [-0.05, 0) is 70.0 Å². The highest BCUT2D eigenvalue weighted by atomic mass is 16.2. The third-order valence-electron chi connectivity index (χ3n) is 7.95. The second-order valence-electron chi connectivity index (χ2n) is 10.0. The second-order valence-corrected chi connectivity index (χ2v) is 10.0. The van der Waals surface area contributed by atoms with E-state index < -0.39 is 0 Å². The summed E-state index contributed by atoms with van der Waals surface area (Å²) in [4.78, 5) is 32.3. The van der Waals surface area contributed by atoms with Crippen LogP contribution in [0.3, 0.4) is 0 Å². The van der Waals surface area contributed by atoms with Crippen molar-refractivity contribution in [3.05, 3.63) is 30.5 Å². The molecule has 0 spiro atoms. The van der Waals surface area contributed by atoms with Crippen LogP contribution in [0.25, 0.3) is 10.9 Å². The normalized spacial score (nSPS) is 22.8. The number of para-hydroxylation sites is 1. The van der Waals surface area contributed by atoms with E-state index in [2.05, 4.69) is 27.0 Å². The maximum absolute atomic E-state index is 13.3. The van der Waals surface area contributed by atoms with Crippen LogP contribution in [-0.2, 0) is 16.1 Å². The number of rotatable bonds is 6. The molecule has 0 unspecified atom stereocenters. The molecule has 3 aliphatic rings. The van der Waals surface area contributed by atoms with E-state index in [1.54, 1.807) is 0 Å². The minimum absolute atomic E-state index is 0.269. The quantitative estimate of drug-likeness (QED) is 0.677. The van der Waals surface area contributed by atoms with Crippen molar-refractivity contribution in [3.63, 3.8) is 0 Å². The molecule has 178 valence electrons. The molecule has 0 N–H and O–H groups in total. The van der Waals surface area contributed by atoms with Crippen molar-refractivity contribution in [3.8, 4) is 0 Å². The minimum atomic E-state index is 0.269. The zero-order valence-electron chi connectivity index (χ0n) is 19.7. The van der Waals surface area contributed by atoms with E-state index >= 15 is 0 Å². The van der Waals surface area contributed by atoms with Gasteiger partial charge in [-0.25, -0.2) is 0 Å². The number of carbonyl (C=O) groups excluding carboxylic acids is 2. The molecule has 33 heavy (non-hydrogen) atoms. The molecule has 5 rings (SSSR count). The van der Waals surface area contributed by atoms with Gasteiger partial charge >= 0.3 is 0 Å². The van der Waals surface area contributed by atoms with Crippen molar-refractivity contribution in [1.29, 1.82) is 0 Å². The molecular formula is C26H37N5O2. The fraction of sp³-hybridized carbons (Fsp3) is 0.654. The molecule has 4 heterocycles. The Hall–Kier alpha value is -2.41. The number of nitrogens with zero attached hydrogens (tertiary/aromatic N) is 5. The molecule has 2 amide bonds. The third-order valence-corrected chi connectivity index (χ3v) is 7.95. The Morgan fingerprint density at radius 1 is 0.879 bits per heavy atom. The Balaban J connectivity index is 1.14. The van der Waals surface area contributed by atoms with Gasteiger partial charge in [0.2, 0.25) is 11.8 Å². The molecule has 3 saturated heterocycles. The van der Waals surface area contributed by atoms with Gasteiger partial charge in [-0.3, -0.25) is 19.2 Å². The topological polar surface area (TPSA) is 61.7 Å². The second kappa shape index (κ2) is 10.2. The van der Waals surface area contributed by atoms with E-state index in [9.17, 15) is 9.59 Å². The molecule has 7 nitrogen and oxygen atoms in total. The van der Waals surface area contributed by atoms with Crippen LogP contribution in [0.5, 0.6) is 0 Å². The predicted octanol–water partition coefficient (Wildman–Crippen LogP) is 3.14. The molecule has 2 aromatic rings. The number of benzene rings is 1. The smallest absolute Gasteiger partial charge is 0.236 e. The molecule has 7 heteroatoms.